The summed E-state index contributed by atoms with van der Waals surface area (Å²) >= 11 is 0. The Kier molecular flexibility index (Phi) is 7.94. The summed E-state index contributed by atoms with van der Waals surface area (Å²) in [5.74, 6) is -0.383. The third-order valence-corrected chi connectivity index (χ3v) is 5.29. The molecule has 0 heterocycles. The maximum atomic E-state index is 14.9. The zero-order valence-electron chi connectivity index (χ0n) is 17.7. The van der Waals surface area contributed by atoms with E-state index in [2.05, 4.69) is 30.6 Å². The van der Waals surface area contributed by atoms with Gasteiger partial charge in [0.15, 0.2) is 0 Å². The standard InChI is InChI=1S/C28H28FNO/c1-3-5-7-21-9-13-23(14-10-21)25-17-18-26(27(29)20-25)24-15-11-22(12-16-24)8-6-19-30-28(31)4-2/h3-4,9-18,20H,1-2,5-8,19H2,(H,30,31). The Balaban J connectivity index is 1.65. The maximum Gasteiger partial charge on any atom is 0.243 e. The molecule has 31 heavy (non-hydrogen) atoms. The predicted molar refractivity (Wildman–Crippen MR) is 127 cm³/mol. The van der Waals surface area contributed by atoms with Crippen LogP contribution in [0.3, 0.4) is 0 Å². The molecular weight excluding hydrogens is 385 g/mol. The first-order chi connectivity index (χ1) is 15.1. The summed E-state index contributed by atoms with van der Waals surface area (Å²) in [6.45, 7) is 7.80. The average Bonchev–Trinajstić information content (AvgIpc) is 2.81. The summed E-state index contributed by atoms with van der Waals surface area (Å²) in [5.41, 5.74) is 5.74. The summed E-state index contributed by atoms with van der Waals surface area (Å²) in [4.78, 5) is 11.2. The van der Waals surface area contributed by atoms with E-state index in [9.17, 15) is 9.18 Å². The van der Waals surface area contributed by atoms with Crippen LogP contribution in [-0.4, -0.2) is 12.5 Å². The number of benzene rings is 3. The summed E-state index contributed by atoms with van der Waals surface area (Å²) < 4.78 is 14.9. The smallest absolute Gasteiger partial charge is 0.243 e. The molecule has 0 aliphatic rings. The summed E-state index contributed by atoms with van der Waals surface area (Å²) in [6, 6.07) is 21.6. The van der Waals surface area contributed by atoms with Crippen LogP contribution < -0.4 is 5.32 Å². The van der Waals surface area contributed by atoms with Crippen LogP contribution in [0.5, 0.6) is 0 Å². The monoisotopic (exact) mass is 413 g/mol. The zero-order chi connectivity index (χ0) is 22.1. The highest BCUT2D eigenvalue weighted by Gasteiger charge is 2.08. The van der Waals surface area contributed by atoms with E-state index in [4.69, 9.17) is 0 Å². The highest BCUT2D eigenvalue weighted by atomic mass is 19.1. The van der Waals surface area contributed by atoms with Gasteiger partial charge in [-0.1, -0.05) is 73.3 Å². The summed E-state index contributed by atoms with van der Waals surface area (Å²) in [5, 5.41) is 2.77. The molecule has 3 aromatic carbocycles. The maximum absolute atomic E-state index is 14.9. The van der Waals surface area contributed by atoms with E-state index < -0.39 is 0 Å². The summed E-state index contributed by atoms with van der Waals surface area (Å²) in [7, 11) is 0. The van der Waals surface area contributed by atoms with Crippen molar-refractivity contribution >= 4 is 5.91 Å². The number of aryl methyl sites for hydroxylation is 2. The molecule has 0 spiro atoms. The molecule has 2 nitrogen and oxygen atoms in total. The molecule has 0 aromatic heterocycles. The van der Waals surface area contributed by atoms with Crippen LogP contribution in [0.2, 0.25) is 0 Å². The molecule has 0 unspecified atom stereocenters. The number of nitrogens with one attached hydrogen (secondary N) is 1. The number of allylic oxidation sites excluding steroid dienone is 1. The van der Waals surface area contributed by atoms with Gasteiger partial charge in [0.05, 0.1) is 0 Å². The lowest BCUT2D eigenvalue weighted by atomic mass is 9.97. The minimum atomic E-state index is -0.229. The van der Waals surface area contributed by atoms with Crippen LogP contribution in [0.15, 0.2) is 92.0 Å². The number of halogens is 1. The van der Waals surface area contributed by atoms with Gasteiger partial charge in [0, 0.05) is 12.1 Å². The number of rotatable bonds is 10. The highest BCUT2D eigenvalue weighted by molar-refractivity contribution is 5.86. The van der Waals surface area contributed by atoms with E-state index in [0.29, 0.717) is 12.1 Å². The van der Waals surface area contributed by atoms with Crippen LogP contribution in [0, 0.1) is 5.82 Å². The second-order valence-corrected chi connectivity index (χ2v) is 7.51. The SMILES string of the molecule is C=CCCc1ccc(-c2ccc(-c3ccc(CCCNC(=O)C=C)cc3)c(F)c2)cc1. The van der Waals surface area contributed by atoms with Crippen molar-refractivity contribution in [3.63, 3.8) is 0 Å². The van der Waals surface area contributed by atoms with Gasteiger partial charge in [-0.3, -0.25) is 4.79 Å². The van der Waals surface area contributed by atoms with E-state index in [1.165, 1.54) is 11.6 Å². The average molecular weight is 414 g/mol. The van der Waals surface area contributed by atoms with E-state index in [-0.39, 0.29) is 11.7 Å². The minimum Gasteiger partial charge on any atom is -0.353 e. The van der Waals surface area contributed by atoms with Gasteiger partial charge in [-0.25, -0.2) is 4.39 Å². The van der Waals surface area contributed by atoms with Gasteiger partial charge in [0.25, 0.3) is 0 Å². The molecule has 0 saturated carbocycles. The lowest BCUT2D eigenvalue weighted by Crippen LogP contribution is -2.22. The molecule has 0 aliphatic carbocycles. The van der Waals surface area contributed by atoms with Crippen molar-refractivity contribution in [3.05, 3.63) is 109 Å². The second-order valence-electron chi connectivity index (χ2n) is 7.51. The molecule has 1 N–H and O–H groups in total. The quantitative estimate of drug-likeness (QED) is 0.229. The largest absolute Gasteiger partial charge is 0.353 e. The van der Waals surface area contributed by atoms with Crippen LogP contribution in [0.4, 0.5) is 4.39 Å². The van der Waals surface area contributed by atoms with Gasteiger partial charge >= 0.3 is 0 Å². The molecule has 3 heteroatoms. The second kappa shape index (κ2) is 11.1. The van der Waals surface area contributed by atoms with E-state index in [0.717, 1.165) is 47.9 Å². The molecule has 3 rings (SSSR count). The topological polar surface area (TPSA) is 29.1 Å². The highest BCUT2D eigenvalue weighted by Crippen LogP contribution is 2.28. The van der Waals surface area contributed by atoms with Crippen molar-refractivity contribution < 1.29 is 9.18 Å². The third-order valence-electron chi connectivity index (χ3n) is 5.29. The fourth-order valence-corrected chi connectivity index (χ4v) is 3.49. The fourth-order valence-electron chi connectivity index (χ4n) is 3.49. The lowest BCUT2D eigenvalue weighted by Gasteiger charge is -2.09. The van der Waals surface area contributed by atoms with Gasteiger partial charge in [0.1, 0.15) is 5.82 Å². The van der Waals surface area contributed by atoms with E-state index in [1.54, 1.807) is 6.07 Å². The Morgan fingerprint density at radius 1 is 0.839 bits per heavy atom. The first kappa shape index (κ1) is 22.2. The molecule has 158 valence electrons. The van der Waals surface area contributed by atoms with Crippen molar-refractivity contribution in [1.29, 1.82) is 0 Å². The van der Waals surface area contributed by atoms with Crippen molar-refractivity contribution in [1.82, 2.24) is 5.32 Å². The number of carbonyl (C=O) groups is 1. The minimum absolute atomic E-state index is 0.155. The molecule has 0 saturated heterocycles. The fraction of sp³-hybridized carbons (Fsp3) is 0.179. The first-order valence-electron chi connectivity index (χ1n) is 10.6. The molecule has 0 atom stereocenters. The van der Waals surface area contributed by atoms with Gasteiger partial charge in [-0.2, -0.15) is 0 Å². The zero-order valence-corrected chi connectivity index (χ0v) is 17.7. The van der Waals surface area contributed by atoms with Crippen LogP contribution in [0.25, 0.3) is 22.3 Å². The van der Waals surface area contributed by atoms with Crippen molar-refractivity contribution in [2.45, 2.75) is 25.7 Å². The summed E-state index contributed by atoms with van der Waals surface area (Å²) in [6.07, 6.45) is 6.80. The first-order valence-corrected chi connectivity index (χ1v) is 10.6. The molecule has 0 bridgehead atoms. The van der Waals surface area contributed by atoms with Crippen LogP contribution in [-0.2, 0) is 17.6 Å². The molecular formula is C28H28FNO. The van der Waals surface area contributed by atoms with Gasteiger partial charge in [-0.15, -0.1) is 6.58 Å². The molecule has 0 aliphatic heterocycles. The number of hydrogen-bond donors (Lipinski definition) is 1. The number of hydrogen-bond acceptors (Lipinski definition) is 1. The third kappa shape index (κ3) is 6.26. The van der Waals surface area contributed by atoms with E-state index >= 15 is 0 Å². The van der Waals surface area contributed by atoms with Gasteiger partial charge < -0.3 is 5.32 Å². The van der Waals surface area contributed by atoms with Crippen LogP contribution in [0.1, 0.15) is 24.0 Å². The van der Waals surface area contributed by atoms with Crippen molar-refractivity contribution in [2.24, 2.45) is 0 Å². The molecule has 0 fully saturated rings. The Labute approximate surface area is 184 Å². The Bertz CT molecular complexity index is 1040. The van der Waals surface area contributed by atoms with Crippen molar-refractivity contribution in [2.75, 3.05) is 6.54 Å². The number of carbonyl (C=O) groups excluding carboxylic acids is 1. The number of amides is 1. The predicted octanol–water partition coefficient (Wildman–Crippen LogP) is 6.51. The van der Waals surface area contributed by atoms with Gasteiger partial charge in [0.2, 0.25) is 5.91 Å². The Morgan fingerprint density at radius 3 is 2.06 bits per heavy atom. The lowest BCUT2D eigenvalue weighted by molar-refractivity contribution is -0.116. The Hall–Kier alpha value is -3.46. The van der Waals surface area contributed by atoms with Crippen LogP contribution >= 0.6 is 0 Å². The molecule has 3 aromatic rings. The van der Waals surface area contributed by atoms with Gasteiger partial charge in [-0.05, 0) is 65.6 Å². The molecule has 0 radical (unpaired) electrons. The Morgan fingerprint density at radius 2 is 1.45 bits per heavy atom. The van der Waals surface area contributed by atoms with E-state index in [1.807, 2.05) is 54.6 Å². The van der Waals surface area contributed by atoms with Crippen molar-refractivity contribution in [3.8, 4) is 22.3 Å². The normalized spacial score (nSPS) is 10.5. The molecule has 1 amide bonds.